The van der Waals surface area contributed by atoms with E-state index in [4.69, 9.17) is 0 Å². The molecule has 0 saturated heterocycles. The van der Waals surface area contributed by atoms with Gasteiger partial charge >= 0.3 is 12.2 Å². The zero-order valence-corrected chi connectivity index (χ0v) is 32.5. The van der Waals surface area contributed by atoms with E-state index in [9.17, 15) is 33.0 Å². The molecule has 11 rings (SSSR count). The number of hydrogen-bond donors (Lipinski definition) is 3. The number of Topliss-reactive ketones (excluding diaryl/α,β-unsaturated/α-hetero) is 1. The number of ketones is 1. The van der Waals surface area contributed by atoms with Crippen LogP contribution >= 0.6 is 0 Å². The normalized spacial score (nSPS) is 45.5. The summed E-state index contributed by atoms with van der Waals surface area (Å²) in [6, 6.07) is 4.62. The minimum Gasteiger partial charge on any atom is -0.393 e. The third kappa shape index (κ3) is 5.17. The van der Waals surface area contributed by atoms with Gasteiger partial charge < -0.3 is 20.4 Å². The van der Waals surface area contributed by atoms with E-state index < -0.39 is 45.5 Å². The molecule has 9 heteroatoms. The topological polar surface area (TPSA) is 89.9 Å². The second-order valence-corrected chi connectivity index (χ2v) is 20.6. The highest BCUT2D eigenvalue weighted by Crippen LogP contribution is 2.78. The van der Waals surface area contributed by atoms with Crippen LogP contribution in [0.15, 0.2) is 48.1 Å². The van der Waals surface area contributed by atoms with Gasteiger partial charge in [-0.15, -0.1) is 0 Å². The van der Waals surface area contributed by atoms with E-state index in [1.165, 1.54) is 31.4 Å². The summed E-state index contributed by atoms with van der Waals surface area (Å²) in [5.74, 6) is 1.66. The number of nitrogens with one attached hydrogen (secondary N) is 1. The molecule has 1 aromatic rings. The molecule has 6 bridgehead atoms. The lowest BCUT2D eigenvalue weighted by Crippen LogP contribution is -2.68. The fourth-order valence-corrected chi connectivity index (χ4v) is 15.3. The molecule has 7 saturated carbocycles. The van der Waals surface area contributed by atoms with Gasteiger partial charge in [-0.2, -0.15) is 13.2 Å². The quantitative estimate of drug-likeness (QED) is 0.192. The van der Waals surface area contributed by atoms with Crippen molar-refractivity contribution in [1.82, 2.24) is 10.2 Å². The first-order chi connectivity index (χ1) is 25.3. The number of allylic oxidation sites excluding steroid dienone is 4. The van der Waals surface area contributed by atoms with Crippen molar-refractivity contribution in [3.05, 3.63) is 59.2 Å². The number of nitrogens with zero attached hydrogens (tertiary/aromatic N) is 1. The first-order valence-corrected chi connectivity index (χ1v) is 21.0. The summed E-state index contributed by atoms with van der Waals surface area (Å²) in [4.78, 5) is 31.0. The summed E-state index contributed by atoms with van der Waals surface area (Å²) in [6.45, 7) is 9.29. The average molecular weight is 749 g/mol. The van der Waals surface area contributed by atoms with Gasteiger partial charge in [-0.25, -0.2) is 4.79 Å². The molecule has 1 aromatic carbocycles. The number of fused-ring (bicyclic) bond motifs is 1. The lowest BCUT2D eigenvalue weighted by atomic mass is 9.32. The van der Waals surface area contributed by atoms with E-state index in [1.54, 1.807) is 0 Å². The molecule has 2 amide bonds. The van der Waals surface area contributed by atoms with Crippen molar-refractivity contribution in [2.24, 2.45) is 56.7 Å². The molecule has 54 heavy (non-hydrogen) atoms. The SMILES string of the molecule is CC(C)NC(=O)N(CC12CC3CC(CC(C3)C1)C2)CC1(O)CCC2C34C=CC5(C=C3C(=O)c3cccc(C(F)(F)F)c3)CC(O)CCC5(C)C4CCC21C. The van der Waals surface area contributed by atoms with E-state index in [0.717, 1.165) is 68.4 Å². The van der Waals surface area contributed by atoms with Crippen molar-refractivity contribution in [3.63, 3.8) is 0 Å². The molecule has 294 valence electrons. The molecule has 10 aliphatic carbocycles. The van der Waals surface area contributed by atoms with Gasteiger partial charge in [0.25, 0.3) is 0 Å². The summed E-state index contributed by atoms with van der Waals surface area (Å²) in [5.41, 5.74) is -3.75. The van der Waals surface area contributed by atoms with E-state index in [-0.39, 0.29) is 46.8 Å². The van der Waals surface area contributed by atoms with Crippen LogP contribution in [0.5, 0.6) is 0 Å². The Kier molecular flexibility index (Phi) is 8.17. The monoisotopic (exact) mass is 748 g/mol. The van der Waals surface area contributed by atoms with Crippen molar-refractivity contribution >= 4 is 11.8 Å². The third-order valence-corrected chi connectivity index (χ3v) is 17.3. The molecule has 8 unspecified atom stereocenters. The Bertz CT molecular complexity index is 1770. The van der Waals surface area contributed by atoms with Crippen LogP contribution < -0.4 is 5.32 Å². The molecule has 0 radical (unpaired) electrons. The van der Waals surface area contributed by atoms with Crippen molar-refractivity contribution < 1.29 is 33.0 Å². The van der Waals surface area contributed by atoms with Crippen molar-refractivity contribution in [3.8, 4) is 0 Å². The Hall–Kier alpha value is -2.65. The summed E-state index contributed by atoms with van der Waals surface area (Å²) in [5, 5.41) is 27.4. The van der Waals surface area contributed by atoms with Crippen molar-refractivity contribution in [1.29, 1.82) is 0 Å². The number of urea groups is 1. The average Bonchev–Trinajstić information content (AvgIpc) is 3.36. The maximum Gasteiger partial charge on any atom is 0.416 e. The number of amides is 2. The molecule has 10 aliphatic rings. The van der Waals surface area contributed by atoms with Gasteiger partial charge in [-0.3, -0.25) is 4.79 Å². The Labute approximate surface area is 318 Å². The maximum atomic E-state index is 14.9. The second kappa shape index (κ2) is 11.9. The Morgan fingerprint density at radius 3 is 2.17 bits per heavy atom. The van der Waals surface area contributed by atoms with Gasteiger partial charge in [-0.1, -0.05) is 44.2 Å². The highest BCUT2D eigenvalue weighted by Gasteiger charge is 2.74. The summed E-state index contributed by atoms with van der Waals surface area (Å²) in [6.07, 6.45) is 13.3. The van der Waals surface area contributed by atoms with E-state index in [0.29, 0.717) is 37.8 Å². The summed E-state index contributed by atoms with van der Waals surface area (Å²) in [7, 11) is 0. The number of hydrogen-bond acceptors (Lipinski definition) is 4. The zero-order chi connectivity index (χ0) is 38.3. The minimum absolute atomic E-state index is 0.0186. The maximum absolute atomic E-state index is 14.9. The van der Waals surface area contributed by atoms with Gasteiger partial charge in [0.15, 0.2) is 5.78 Å². The van der Waals surface area contributed by atoms with E-state index >= 15 is 0 Å². The molecule has 6 nitrogen and oxygen atoms in total. The third-order valence-electron chi connectivity index (χ3n) is 17.3. The molecular formula is C45H59F3N2O4. The smallest absolute Gasteiger partial charge is 0.393 e. The number of benzene rings is 1. The number of aliphatic hydroxyl groups excluding tert-OH is 1. The van der Waals surface area contributed by atoms with Crippen LogP contribution in [-0.2, 0) is 6.18 Å². The predicted octanol–water partition coefficient (Wildman–Crippen LogP) is 9.12. The highest BCUT2D eigenvalue weighted by atomic mass is 19.4. The van der Waals surface area contributed by atoms with Gasteiger partial charge in [0.2, 0.25) is 0 Å². The van der Waals surface area contributed by atoms with Gasteiger partial charge in [0.05, 0.1) is 23.8 Å². The number of aliphatic hydroxyl groups is 2. The van der Waals surface area contributed by atoms with Crippen molar-refractivity contribution in [2.75, 3.05) is 13.1 Å². The van der Waals surface area contributed by atoms with E-state index in [2.05, 4.69) is 31.3 Å². The standard InChI is InChI=1S/C45H59F3N2O4/c1-27(2)49-38(53)50(25-41-20-28-16-29(21-41)18-30(17-28)22-41)26-43(54)13-10-36-40(43,4)12-9-35-39(3)11-8-33(51)23-42(39)14-15-44(35,36)34(24-42)37(52)31-6-5-7-32(19-31)45(46,47)48/h5-7,14-15,19,24,27-30,33,35-36,51,54H,8-13,16-18,20-23,25-26H2,1-4H3,(H,49,53). The summed E-state index contributed by atoms with van der Waals surface area (Å²) >= 11 is 0. The predicted molar refractivity (Wildman–Crippen MR) is 200 cm³/mol. The largest absolute Gasteiger partial charge is 0.416 e. The number of halogens is 3. The Morgan fingerprint density at radius 1 is 0.889 bits per heavy atom. The fraction of sp³-hybridized carbons (Fsp3) is 0.733. The number of rotatable bonds is 7. The Morgan fingerprint density at radius 2 is 1.52 bits per heavy atom. The zero-order valence-electron chi connectivity index (χ0n) is 32.5. The van der Waals surface area contributed by atoms with Crippen LogP contribution in [0.4, 0.5) is 18.0 Å². The lowest BCUT2D eigenvalue weighted by Gasteiger charge is -2.71. The Balaban J connectivity index is 1.11. The fourth-order valence-electron chi connectivity index (χ4n) is 15.3. The van der Waals surface area contributed by atoms with E-state index in [1.807, 2.05) is 24.8 Å². The first kappa shape index (κ1) is 37.0. The number of alkyl halides is 3. The number of carbonyl (C=O) groups is 2. The molecule has 0 aromatic heterocycles. The van der Waals surface area contributed by atoms with Crippen LogP contribution in [0.2, 0.25) is 0 Å². The van der Waals surface area contributed by atoms with Crippen molar-refractivity contribution in [2.45, 2.75) is 135 Å². The van der Waals surface area contributed by atoms with Gasteiger partial charge in [0.1, 0.15) is 0 Å². The molecule has 2 spiro atoms. The molecule has 3 N–H and O–H groups in total. The van der Waals surface area contributed by atoms with Crippen LogP contribution in [-0.4, -0.2) is 57.8 Å². The molecule has 0 aliphatic heterocycles. The minimum atomic E-state index is -4.59. The van der Waals surface area contributed by atoms with Gasteiger partial charge in [0, 0.05) is 40.0 Å². The lowest BCUT2D eigenvalue weighted by molar-refractivity contribution is -0.176. The molecule has 7 fully saturated rings. The van der Waals surface area contributed by atoms with Crippen LogP contribution in [0.3, 0.4) is 0 Å². The first-order valence-electron chi connectivity index (χ1n) is 21.0. The van der Waals surface area contributed by atoms with Crippen LogP contribution in [0.1, 0.15) is 127 Å². The highest BCUT2D eigenvalue weighted by molar-refractivity contribution is 6.10. The second-order valence-electron chi connectivity index (χ2n) is 20.6. The summed E-state index contributed by atoms with van der Waals surface area (Å²) < 4.78 is 41.9. The van der Waals surface area contributed by atoms with Crippen LogP contribution in [0.25, 0.3) is 0 Å². The molecule has 0 heterocycles. The van der Waals surface area contributed by atoms with Crippen LogP contribution in [0, 0.1) is 56.7 Å². The molecular weight excluding hydrogens is 689 g/mol. The molecule has 8 atom stereocenters. The van der Waals surface area contributed by atoms with Gasteiger partial charge in [-0.05, 0) is 150 Å². The number of carbonyl (C=O) groups excluding carboxylic acids is 2.